The molecule has 0 radical (unpaired) electrons. The number of halogens is 1. The van der Waals surface area contributed by atoms with E-state index < -0.39 is 16.9 Å². The Kier molecular flexibility index (Phi) is 5.13. The van der Waals surface area contributed by atoms with Crippen LogP contribution in [0.25, 0.3) is 0 Å². The van der Waals surface area contributed by atoms with Crippen LogP contribution >= 0.6 is 11.6 Å². The van der Waals surface area contributed by atoms with Gasteiger partial charge in [-0.3, -0.25) is 19.7 Å². The molecule has 23 heavy (non-hydrogen) atoms. The fourth-order valence-corrected chi connectivity index (χ4v) is 2.23. The van der Waals surface area contributed by atoms with Crippen LogP contribution in [0.2, 0.25) is 5.02 Å². The van der Waals surface area contributed by atoms with Gasteiger partial charge in [-0.2, -0.15) is 0 Å². The number of non-ortho nitro benzene ring substituents is 1. The van der Waals surface area contributed by atoms with E-state index in [1.807, 2.05) is 0 Å². The highest BCUT2D eigenvalue weighted by atomic mass is 35.5. The molecule has 2 rings (SSSR count). The molecule has 0 saturated carbocycles. The summed E-state index contributed by atoms with van der Waals surface area (Å²) < 4.78 is 4.99. The molecule has 0 spiro atoms. The highest BCUT2D eigenvalue weighted by Crippen LogP contribution is 2.22. The molecule has 1 N–H and O–H groups in total. The molecule has 1 heterocycles. The number of carbonyl (C=O) groups is 2. The fraction of sp³-hybridized carbons (Fsp3) is 0.200. The van der Waals surface area contributed by atoms with Crippen LogP contribution in [-0.4, -0.2) is 22.7 Å². The fourth-order valence-electron chi connectivity index (χ4n) is 1.97. The summed E-state index contributed by atoms with van der Waals surface area (Å²) in [4.78, 5) is 34.0. The number of nitro groups is 1. The standard InChI is InChI=1S/C15H13ClN2O5/c1-9(7-13(19)14-3-2-6-23-14)17-15(20)11-5-4-10(18(21)22)8-12(11)16/h2-6,8-9H,7H2,1H3,(H,17,20). The van der Waals surface area contributed by atoms with E-state index in [1.165, 1.54) is 18.4 Å². The lowest BCUT2D eigenvalue weighted by Crippen LogP contribution is -2.34. The molecule has 0 aliphatic rings. The monoisotopic (exact) mass is 336 g/mol. The third kappa shape index (κ3) is 4.17. The number of hydrogen-bond acceptors (Lipinski definition) is 5. The smallest absolute Gasteiger partial charge is 0.270 e. The first-order valence-corrected chi connectivity index (χ1v) is 7.07. The van der Waals surface area contributed by atoms with E-state index in [9.17, 15) is 19.7 Å². The first kappa shape index (κ1) is 16.7. The van der Waals surface area contributed by atoms with Crippen LogP contribution < -0.4 is 5.32 Å². The molecular weight excluding hydrogens is 324 g/mol. The number of amides is 1. The number of Topliss-reactive ketones (excluding diaryl/α,β-unsaturated/α-hetero) is 1. The van der Waals surface area contributed by atoms with Crippen LogP contribution in [0.4, 0.5) is 5.69 Å². The minimum absolute atomic E-state index is 0.0266. The van der Waals surface area contributed by atoms with Gasteiger partial charge in [-0.15, -0.1) is 0 Å². The van der Waals surface area contributed by atoms with E-state index in [2.05, 4.69) is 5.32 Å². The predicted octanol–water partition coefficient (Wildman–Crippen LogP) is 3.23. The van der Waals surface area contributed by atoms with Crippen molar-refractivity contribution in [3.8, 4) is 0 Å². The Morgan fingerprint density at radius 1 is 1.39 bits per heavy atom. The molecule has 1 amide bonds. The lowest BCUT2D eigenvalue weighted by Gasteiger charge is -2.13. The van der Waals surface area contributed by atoms with Crippen molar-refractivity contribution < 1.29 is 18.9 Å². The second kappa shape index (κ2) is 7.06. The van der Waals surface area contributed by atoms with E-state index >= 15 is 0 Å². The van der Waals surface area contributed by atoms with Gasteiger partial charge < -0.3 is 9.73 Å². The van der Waals surface area contributed by atoms with Gasteiger partial charge in [-0.1, -0.05) is 11.6 Å². The average molecular weight is 337 g/mol. The Morgan fingerprint density at radius 2 is 2.13 bits per heavy atom. The summed E-state index contributed by atoms with van der Waals surface area (Å²) >= 11 is 5.89. The predicted molar refractivity (Wildman–Crippen MR) is 82.7 cm³/mol. The highest BCUT2D eigenvalue weighted by Gasteiger charge is 2.19. The van der Waals surface area contributed by atoms with Crippen molar-refractivity contribution >= 4 is 29.0 Å². The van der Waals surface area contributed by atoms with Gasteiger partial charge in [0.1, 0.15) is 0 Å². The average Bonchev–Trinajstić information content (AvgIpc) is 3.00. The molecule has 1 atom stereocenters. The van der Waals surface area contributed by atoms with E-state index in [0.717, 1.165) is 6.07 Å². The number of rotatable bonds is 6. The molecule has 1 aromatic carbocycles. The lowest BCUT2D eigenvalue weighted by molar-refractivity contribution is -0.384. The lowest BCUT2D eigenvalue weighted by atomic mass is 10.1. The number of nitrogens with one attached hydrogen (secondary N) is 1. The van der Waals surface area contributed by atoms with Gasteiger partial charge in [0.15, 0.2) is 11.5 Å². The van der Waals surface area contributed by atoms with Crippen molar-refractivity contribution in [3.63, 3.8) is 0 Å². The van der Waals surface area contributed by atoms with Gasteiger partial charge in [0.05, 0.1) is 21.8 Å². The molecule has 0 bridgehead atoms. The van der Waals surface area contributed by atoms with Crippen LogP contribution in [-0.2, 0) is 0 Å². The van der Waals surface area contributed by atoms with Gasteiger partial charge >= 0.3 is 0 Å². The van der Waals surface area contributed by atoms with Gasteiger partial charge in [-0.25, -0.2) is 0 Å². The molecule has 7 nitrogen and oxygen atoms in total. The van der Waals surface area contributed by atoms with Crippen LogP contribution in [0, 0.1) is 10.1 Å². The van der Waals surface area contributed by atoms with E-state index in [-0.39, 0.29) is 34.2 Å². The number of carbonyl (C=O) groups excluding carboxylic acids is 2. The van der Waals surface area contributed by atoms with Crippen molar-refractivity contribution in [3.05, 3.63) is 63.1 Å². The number of furan rings is 1. The van der Waals surface area contributed by atoms with Gasteiger partial charge in [0.2, 0.25) is 0 Å². The first-order chi connectivity index (χ1) is 10.9. The maximum absolute atomic E-state index is 12.1. The summed E-state index contributed by atoms with van der Waals surface area (Å²) in [7, 11) is 0. The molecule has 0 aliphatic carbocycles. The summed E-state index contributed by atoms with van der Waals surface area (Å²) in [6.45, 7) is 1.66. The van der Waals surface area contributed by atoms with E-state index in [4.69, 9.17) is 16.0 Å². The summed E-state index contributed by atoms with van der Waals surface area (Å²) in [6, 6.07) is 6.27. The quantitative estimate of drug-likeness (QED) is 0.495. The zero-order chi connectivity index (χ0) is 17.0. The zero-order valence-electron chi connectivity index (χ0n) is 12.1. The first-order valence-electron chi connectivity index (χ1n) is 6.70. The van der Waals surface area contributed by atoms with E-state index in [0.29, 0.717) is 0 Å². The molecule has 120 valence electrons. The molecular formula is C15H13ClN2O5. The van der Waals surface area contributed by atoms with Crippen molar-refractivity contribution in [2.45, 2.75) is 19.4 Å². The summed E-state index contributed by atoms with van der Waals surface area (Å²) in [5.41, 5.74) is -0.0952. The molecule has 1 unspecified atom stereocenters. The third-order valence-corrected chi connectivity index (χ3v) is 3.39. The number of benzene rings is 1. The Hall–Kier alpha value is -2.67. The van der Waals surface area contributed by atoms with Gasteiger partial charge in [-0.05, 0) is 25.1 Å². The summed E-state index contributed by atoms with van der Waals surface area (Å²) in [5, 5.41) is 13.2. The summed E-state index contributed by atoms with van der Waals surface area (Å²) in [6.07, 6.45) is 1.46. The van der Waals surface area contributed by atoms with Gasteiger partial charge in [0, 0.05) is 24.6 Å². The Morgan fingerprint density at radius 3 is 2.70 bits per heavy atom. The zero-order valence-corrected chi connectivity index (χ0v) is 12.9. The maximum Gasteiger partial charge on any atom is 0.270 e. The Balaban J connectivity index is 2.01. The molecule has 0 aliphatic heterocycles. The summed E-state index contributed by atoms with van der Waals surface area (Å²) in [5.74, 6) is -0.526. The van der Waals surface area contributed by atoms with Crippen LogP contribution in [0.5, 0.6) is 0 Å². The minimum atomic E-state index is -0.599. The maximum atomic E-state index is 12.1. The molecule has 1 aromatic heterocycles. The van der Waals surface area contributed by atoms with Crippen LogP contribution in [0.3, 0.4) is 0 Å². The SMILES string of the molecule is CC(CC(=O)c1ccco1)NC(=O)c1ccc([N+](=O)[O-])cc1Cl. The molecule has 0 saturated heterocycles. The molecule has 8 heteroatoms. The van der Waals surface area contributed by atoms with Crippen LogP contribution in [0.15, 0.2) is 41.0 Å². The van der Waals surface area contributed by atoms with Crippen LogP contribution in [0.1, 0.15) is 34.3 Å². The van der Waals surface area contributed by atoms with Crippen molar-refractivity contribution in [2.75, 3.05) is 0 Å². The topological polar surface area (TPSA) is 102 Å². The Bertz CT molecular complexity index is 742. The second-order valence-electron chi connectivity index (χ2n) is 4.90. The van der Waals surface area contributed by atoms with Crippen molar-refractivity contribution in [1.29, 1.82) is 0 Å². The second-order valence-corrected chi connectivity index (χ2v) is 5.31. The highest BCUT2D eigenvalue weighted by molar-refractivity contribution is 6.34. The van der Waals surface area contributed by atoms with Crippen molar-refractivity contribution in [1.82, 2.24) is 5.32 Å². The van der Waals surface area contributed by atoms with Crippen molar-refractivity contribution in [2.24, 2.45) is 0 Å². The van der Waals surface area contributed by atoms with E-state index in [1.54, 1.807) is 19.1 Å². The molecule has 0 fully saturated rings. The minimum Gasteiger partial charge on any atom is -0.461 e. The normalized spacial score (nSPS) is 11.7. The number of nitrogens with zero attached hydrogens (tertiary/aromatic N) is 1. The Labute approximate surface area is 136 Å². The molecule has 2 aromatic rings. The number of hydrogen-bond donors (Lipinski definition) is 1. The third-order valence-electron chi connectivity index (χ3n) is 3.07. The number of ketones is 1. The largest absolute Gasteiger partial charge is 0.461 e. The van der Waals surface area contributed by atoms with Gasteiger partial charge in [0.25, 0.3) is 11.6 Å². The number of nitro benzene ring substituents is 1.